The summed E-state index contributed by atoms with van der Waals surface area (Å²) in [6.45, 7) is 2.72. The highest BCUT2D eigenvalue weighted by Crippen LogP contribution is 2.23. The Balaban J connectivity index is 1.47. The lowest BCUT2D eigenvalue weighted by Crippen LogP contribution is -2.45. The molecule has 26 heavy (non-hydrogen) atoms. The summed E-state index contributed by atoms with van der Waals surface area (Å²) >= 11 is 0. The first-order chi connectivity index (χ1) is 12.4. The van der Waals surface area contributed by atoms with Crippen molar-refractivity contribution in [3.8, 4) is 5.88 Å². The maximum Gasteiger partial charge on any atom is 0.229 e. The van der Waals surface area contributed by atoms with Crippen molar-refractivity contribution in [2.45, 2.75) is 31.8 Å². The van der Waals surface area contributed by atoms with E-state index in [2.05, 4.69) is 9.71 Å². The average Bonchev–Trinajstić information content (AvgIpc) is 2.63. The fourth-order valence-electron chi connectivity index (χ4n) is 3.29. The second-order valence-corrected chi connectivity index (χ2v) is 8.54. The lowest BCUT2D eigenvalue weighted by atomic mass is 9.97. The molecule has 0 bridgehead atoms. The van der Waals surface area contributed by atoms with Gasteiger partial charge in [-0.1, -0.05) is 0 Å². The highest BCUT2D eigenvalue weighted by atomic mass is 32.2. The van der Waals surface area contributed by atoms with Crippen LogP contribution in [-0.4, -0.2) is 62.9 Å². The number of hydrogen-bond acceptors (Lipinski definition) is 6. The van der Waals surface area contributed by atoms with Crippen molar-refractivity contribution >= 4 is 21.6 Å². The molecule has 3 rings (SSSR count). The number of amides is 1. The molecule has 0 aromatic carbocycles. The zero-order chi connectivity index (χ0) is 18.6. The van der Waals surface area contributed by atoms with Crippen molar-refractivity contribution < 1.29 is 22.7 Å². The number of rotatable bonds is 5. The molecule has 0 radical (unpaired) electrons. The van der Waals surface area contributed by atoms with Crippen LogP contribution in [0.2, 0.25) is 0 Å². The summed E-state index contributed by atoms with van der Waals surface area (Å²) in [5.41, 5.74) is 0.400. The summed E-state index contributed by atoms with van der Waals surface area (Å²) in [7, 11) is -3.32. The number of likely N-dealkylation sites (tertiary alicyclic amines) is 1. The first-order valence-electron chi connectivity index (χ1n) is 8.88. The Morgan fingerprint density at radius 3 is 2.50 bits per heavy atom. The summed E-state index contributed by atoms with van der Waals surface area (Å²) in [4.78, 5) is 18.6. The van der Waals surface area contributed by atoms with Gasteiger partial charge < -0.3 is 14.4 Å². The highest BCUT2D eigenvalue weighted by Gasteiger charge is 2.30. The number of nitrogens with zero attached hydrogens (tertiary/aromatic N) is 2. The van der Waals surface area contributed by atoms with Crippen LogP contribution in [0.4, 0.5) is 5.69 Å². The number of hydrogen-bond donors (Lipinski definition) is 1. The number of aromatic nitrogens is 1. The number of ether oxygens (including phenoxy) is 2. The Bertz CT molecular complexity index is 708. The minimum Gasteiger partial charge on any atom is -0.474 e. The molecule has 0 unspecified atom stereocenters. The number of sulfonamides is 1. The maximum absolute atomic E-state index is 12.5. The second-order valence-electron chi connectivity index (χ2n) is 6.79. The van der Waals surface area contributed by atoms with Crippen molar-refractivity contribution in [3.63, 3.8) is 0 Å². The van der Waals surface area contributed by atoms with E-state index >= 15 is 0 Å². The zero-order valence-corrected chi connectivity index (χ0v) is 15.7. The Morgan fingerprint density at radius 1 is 1.23 bits per heavy atom. The van der Waals surface area contributed by atoms with Gasteiger partial charge in [0, 0.05) is 51.1 Å². The molecule has 2 aliphatic heterocycles. The van der Waals surface area contributed by atoms with Crippen LogP contribution in [0, 0.1) is 5.92 Å². The van der Waals surface area contributed by atoms with Gasteiger partial charge in [0.05, 0.1) is 18.1 Å². The molecule has 0 spiro atoms. The molecule has 8 nitrogen and oxygen atoms in total. The van der Waals surface area contributed by atoms with Gasteiger partial charge in [0.25, 0.3) is 0 Å². The molecule has 9 heteroatoms. The number of nitrogens with one attached hydrogen (secondary N) is 1. The van der Waals surface area contributed by atoms with Gasteiger partial charge in [0.15, 0.2) is 0 Å². The van der Waals surface area contributed by atoms with Crippen LogP contribution in [0.5, 0.6) is 5.88 Å². The molecule has 0 saturated carbocycles. The van der Waals surface area contributed by atoms with Gasteiger partial charge in [0.2, 0.25) is 21.8 Å². The maximum atomic E-state index is 12.5. The van der Waals surface area contributed by atoms with Gasteiger partial charge in [-0.25, -0.2) is 13.4 Å². The van der Waals surface area contributed by atoms with Crippen molar-refractivity contribution in [3.05, 3.63) is 18.3 Å². The van der Waals surface area contributed by atoms with Crippen LogP contribution < -0.4 is 9.46 Å². The molecule has 1 aromatic rings. The fourth-order valence-corrected chi connectivity index (χ4v) is 3.84. The van der Waals surface area contributed by atoms with Gasteiger partial charge in [-0.15, -0.1) is 0 Å². The molecule has 1 amide bonds. The Hall–Kier alpha value is -1.87. The third-order valence-corrected chi connectivity index (χ3v) is 5.26. The van der Waals surface area contributed by atoms with Gasteiger partial charge in [-0.05, 0) is 18.9 Å². The fraction of sp³-hybridized carbons (Fsp3) is 0.647. The molecule has 1 aromatic heterocycles. The summed E-state index contributed by atoms with van der Waals surface area (Å²) in [5.74, 6) is 0.789. The quantitative estimate of drug-likeness (QED) is 0.822. The molecule has 1 N–H and O–H groups in total. The van der Waals surface area contributed by atoms with Crippen molar-refractivity contribution in [1.82, 2.24) is 9.88 Å². The van der Waals surface area contributed by atoms with E-state index in [4.69, 9.17) is 9.47 Å². The number of carbonyl (C=O) groups excluding carboxylic acids is 1. The Kier molecular flexibility index (Phi) is 5.98. The van der Waals surface area contributed by atoms with Crippen molar-refractivity contribution in [1.29, 1.82) is 0 Å². The summed E-state index contributed by atoms with van der Waals surface area (Å²) in [6.07, 6.45) is 5.68. The first-order valence-corrected chi connectivity index (χ1v) is 10.8. The number of piperidine rings is 1. The molecule has 2 aliphatic rings. The summed E-state index contributed by atoms with van der Waals surface area (Å²) in [6, 6.07) is 3.26. The SMILES string of the molecule is CS(=O)(=O)Nc1ccc(OC2CCN(C(=O)C3CCOCC3)CC2)nc1. The average molecular weight is 383 g/mol. The van der Waals surface area contributed by atoms with Crippen LogP contribution in [0.15, 0.2) is 18.3 Å². The molecular formula is C17H25N3O5S. The van der Waals surface area contributed by atoms with Crippen LogP contribution >= 0.6 is 0 Å². The largest absolute Gasteiger partial charge is 0.474 e. The van der Waals surface area contributed by atoms with Crippen molar-refractivity contribution in [2.24, 2.45) is 5.92 Å². The number of pyridine rings is 1. The lowest BCUT2D eigenvalue weighted by molar-refractivity contribution is -0.140. The van der Waals surface area contributed by atoms with E-state index < -0.39 is 10.0 Å². The predicted molar refractivity (Wildman–Crippen MR) is 96.5 cm³/mol. The van der Waals surface area contributed by atoms with E-state index in [9.17, 15) is 13.2 Å². The summed E-state index contributed by atoms with van der Waals surface area (Å²) in [5, 5.41) is 0. The molecular weight excluding hydrogens is 358 g/mol. The molecule has 3 heterocycles. The van der Waals surface area contributed by atoms with Gasteiger partial charge in [-0.3, -0.25) is 9.52 Å². The van der Waals surface area contributed by atoms with E-state index in [1.807, 2.05) is 4.90 Å². The van der Waals surface area contributed by atoms with E-state index in [0.717, 1.165) is 31.9 Å². The van der Waals surface area contributed by atoms with Crippen LogP contribution in [-0.2, 0) is 19.6 Å². The molecule has 2 fully saturated rings. The smallest absolute Gasteiger partial charge is 0.229 e. The molecule has 0 atom stereocenters. The first kappa shape index (κ1) is 18.9. The second kappa shape index (κ2) is 8.22. The third kappa shape index (κ3) is 5.31. The van der Waals surface area contributed by atoms with E-state index in [-0.39, 0.29) is 17.9 Å². The van der Waals surface area contributed by atoms with Crippen LogP contribution in [0.3, 0.4) is 0 Å². The topological polar surface area (TPSA) is 97.8 Å². The standard InChI is InChI=1S/C17H25N3O5S/c1-26(22,23)19-14-2-3-16(18-12-14)25-15-4-8-20(9-5-15)17(21)13-6-10-24-11-7-13/h2-3,12-13,15,19H,4-11H2,1H3. The van der Waals surface area contributed by atoms with E-state index in [0.29, 0.717) is 37.9 Å². The minimum atomic E-state index is -3.32. The Morgan fingerprint density at radius 2 is 1.92 bits per heavy atom. The van der Waals surface area contributed by atoms with Crippen LogP contribution in [0.1, 0.15) is 25.7 Å². The normalized spacial score (nSPS) is 20.0. The summed E-state index contributed by atoms with van der Waals surface area (Å²) < 4.78 is 35.9. The van der Waals surface area contributed by atoms with Crippen LogP contribution in [0.25, 0.3) is 0 Å². The number of anilines is 1. The molecule has 144 valence electrons. The van der Waals surface area contributed by atoms with Gasteiger partial charge >= 0.3 is 0 Å². The zero-order valence-electron chi connectivity index (χ0n) is 14.9. The highest BCUT2D eigenvalue weighted by molar-refractivity contribution is 7.92. The minimum absolute atomic E-state index is 0.00922. The molecule has 0 aliphatic carbocycles. The van der Waals surface area contributed by atoms with E-state index in [1.165, 1.54) is 6.20 Å². The molecule has 2 saturated heterocycles. The van der Waals surface area contributed by atoms with Crippen molar-refractivity contribution in [2.75, 3.05) is 37.3 Å². The van der Waals surface area contributed by atoms with Gasteiger partial charge in [0.1, 0.15) is 6.10 Å². The number of carbonyl (C=O) groups is 1. The predicted octanol–water partition coefficient (Wildman–Crippen LogP) is 1.25. The third-order valence-electron chi connectivity index (χ3n) is 4.65. The van der Waals surface area contributed by atoms with Gasteiger partial charge in [-0.2, -0.15) is 0 Å². The lowest BCUT2D eigenvalue weighted by Gasteiger charge is -2.35. The monoisotopic (exact) mass is 383 g/mol. The Labute approximate surface area is 153 Å². The van der Waals surface area contributed by atoms with E-state index in [1.54, 1.807) is 12.1 Å².